The van der Waals surface area contributed by atoms with Gasteiger partial charge in [-0.1, -0.05) is 141 Å². The number of furan rings is 1. The monoisotopic (exact) mass is 641 g/mol. The van der Waals surface area contributed by atoms with Crippen molar-refractivity contribution in [3.05, 3.63) is 163 Å². The summed E-state index contributed by atoms with van der Waals surface area (Å²) in [6.07, 6.45) is 0. The zero-order valence-electron chi connectivity index (χ0n) is 27.7. The molecule has 1 aliphatic rings. The molecule has 0 unspecified atom stereocenters. The van der Waals surface area contributed by atoms with E-state index in [1.54, 1.807) is 0 Å². The van der Waals surface area contributed by atoms with Gasteiger partial charge in [-0.05, 0) is 68.4 Å². The molecule has 0 amide bonds. The van der Waals surface area contributed by atoms with Crippen molar-refractivity contribution in [1.29, 1.82) is 0 Å². The number of rotatable bonds is 4. The van der Waals surface area contributed by atoms with E-state index >= 15 is 0 Å². The Morgan fingerprint density at radius 2 is 1.06 bits per heavy atom. The summed E-state index contributed by atoms with van der Waals surface area (Å²) in [5.41, 5.74) is 11.8. The third kappa shape index (κ3) is 4.35. The predicted octanol–water partition coefficient (Wildman–Crippen LogP) is 11.9. The highest BCUT2D eigenvalue weighted by molar-refractivity contribution is 6.13. The average molecular weight is 642 g/mol. The minimum Gasteiger partial charge on any atom is -0.456 e. The second kappa shape index (κ2) is 10.8. The summed E-state index contributed by atoms with van der Waals surface area (Å²) in [6, 6.07) is 53.1. The van der Waals surface area contributed by atoms with E-state index in [9.17, 15) is 0 Å². The Labute approximate surface area is 289 Å². The molecular formula is C46H31N3O. The lowest BCUT2D eigenvalue weighted by Gasteiger charge is -2.21. The van der Waals surface area contributed by atoms with Crippen molar-refractivity contribution in [2.45, 2.75) is 19.3 Å². The van der Waals surface area contributed by atoms with Crippen LogP contribution >= 0.6 is 0 Å². The molecule has 4 heteroatoms. The molecule has 0 spiro atoms. The van der Waals surface area contributed by atoms with Crippen LogP contribution in [-0.2, 0) is 5.41 Å². The quantitative estimate of drug-likeness (QED) is 0.192. The predicted molar refractivity (Wildman–Crippen MR) is 204 cm³/mol. The van der Waals surface area contributed by atoms with Crippen LogP contribution < -0.4 is 0 Å². The van der Waals surface area contributed by atoms with Gasteiger partial charge in [-0.3, -0.25) is 0 Å². The van der Waals surface area contributed by atoms with Crippen LogP contribution in [0, 0.1) is 0 Å². The maximum absolute atomic E-state index is 6.50. The van der Waals surface area contributed by atoms with Crippen LogP contribution in [0.3, 0.4) is 0 Å². The fourth-order valence-corrected chi connectivity index (χ4v) is 7.84. The molecule has 0 radical (unpaired) electrons. The van der Waals surface area contributed by atoms with Crippen molar-refractivity contribution in [3.63, 3.8) is 0 Å². The second-order valence-corrected chi connectivity index (χ2v) is 13.6. The third-order valence-corrected chi connectivity index (χ3v) is 10.3. The van der Waals surface area contributed by atoms with Gasteiger partial charge in [0.1, 0.15) is 11.2 Å². The van der Waals surface area contributed by atoms with Crippen molar-refractivity contribution in [2.24, 2.45) is 0 Å². The largest absolute Gasteiger partial charge is 0.456 e. The third-order valence-electron chi connectivity index (χ3n) is 10.3. The Morgan fingerprint density at radius 1 is 0.420 bits per heavy atom. The highest BCUT2D eigenvalue weighted by Gasteiger charge is 2.35. The highest BCUT2D eigenvalue weighted by atomic mass is 16.3. The molecule has 2 heterocycles. The van der Waals surface area contributed by atoms with Crippen molar-refractivity contribution in [3.8, 4) is 56.4 Å². The molecule has 10 rings (SSSR count). The summed E-state index contributed by atoms with van der Waals surface area (Å²) in [6.45, 7) is 4.60. The second-order valence-electron chi connectivity index (χ2n) is 13.6. The lowest BCUT2D eigenvalue weighted by molar-refractivity contribution is 0.660. The van der Waals surface area contributed by atoms with Crippen LogP contribution in [0.15, 0.2) is 156 Å². The molecule has 0 saturated carbocycles. The molecule has 0 aliphatic heterocycles. The number of fused-ring (bicyclic) bond motifs is 7. The average Bonchev–Trinajstić information content (AvgIpc) is 3.66. The Kier molecular flexibility index (Phi) is 6.19. The molecule has 2 aromatic heterocycles. The molecule has 50 heavy (non-hydrogen) atoms. The molecule has 0 fully saturated rings. The molecule has 236 valence electrons. The number of aromatic nitrogens is 3. The first-order valence-corrected chi connectivity index (χ1v) is 17.0. The van der Waals surface area contributed by atoms with E-state index in [0.717, 1.165) is 60.5 Å². The first-order chi connectivity index (χ1) is 24.5. The summed E-state index contributed by atoms with van der Waals surface area (Å²) >= 11 is 0. The van der Waals surface area contributed by atoms with Crippen LogP contribution in [0.2, 0.25) is 0 Å². The SMILES string of the molecule is CC1(C)c2ccccc2-c2ccc(-c3nc(-c4ccc5c(c4)oc4cccc(-c6ccccc6)c45)nc(-c4cccc5ccccc45)n3)cc21. The lowest BCUT2D eigenvalue weighted by Crippen LogP contribution is -2.15. The van der Waals surface area contributed by atoms with E-state index in [0.29, 0.717) is 17.5 Å². The van der Waals surface area contributed by atoms with E-state index in [1.165, 1.54) is 22.3 Å². The van der Waals surface area contributed by atoms with Crippen molar-refractivity contribution >= 4 is 32.7 Å². The van der Waals surface area contributed by atoms with E-state index in [4.69, 9.17) is 19.4 Å². The van der Waals surface area contributed by atoms with Gasteiger partial charge in [-0.2, -0.15) is 0 Å². The molecule has 0 saturated heterocycles. The van der Waals surface area contributed by atoms with Gasteiger partial charge >= 0.3 is 0 Å². The normalized spacial score (nSPS) is 13.2. The molecule has 1 aliphatic carbocycles. The van der Waals surface area contributed by atoms with Gasteiger partial charge in [0.15, 0.2) is 17.5 Å². The van der Waals surface area contributed by atoms with Gasteiger partial charge in [0.2, 0.25) is 0 Å². The highest BCUT2D eigenvalue weighted by Crippen LogP contribution is 2.49. The van der Waals surface area contributed by atoms with Gasteiger partial charge < -0.3 is 4.42 Å². The molecule has 0 bridgehead atoms. The van der Waals surface area contributed by atoms with Crippen LogP contribution in [0.4, 0.5) is 0 Å². The van der Waals surface area contributed by atoms with Gasteiger partial charge in [0.05, 0.1) is 0 Å². The number of hydrogen-bond acceptors (Lipinski definition) is 4. The fraction of sp³-hybridized carbons (Fsp3) is 0.0652. The summed E-state index contributed by atoms with van der Waals surface area (Å²) in [7, 11) is 0. The summed E-state index contributed by atoms with van der Waals surface area (Å²) in [5.74, 6) is 1.89. The summed E-state index contributed by atoms with van der Waals surface area (Å²) < 4.78 is 6.50. The Balaban J connectivity index is 1.17. The van der Waals surface area contributed by atoms with Crippen LogP contribution in [-0.4, -0.2) is 15.0 Å². The van der Waals surface area contributed by atoms with Crippen molar-refractivity contribution < 1.29 is 4.42 Å². The molecule has 4 nitrogen and oxygen atoms in total. The van der Waals surface area contributed by atoms with E-state index in [1.807, 2.05) is 12.1 Å². The molecule has 9 aromatic rings. The Hall–Kier alpha value is -6.39. The smallest absolute Gasteiger partial charge is 0.164 e. The maximum Gasteiger partial charge on any atom is 0.164 e. The molecule has 0 N–H and O–H groups in total. The molecule has 7 aromatic carbocycles. The van der Waals surface area contributed by atoms with Gasteiger partial charge in [0.25, 0.3) is 0 Å². The minimum atomic E-state index is -0.138. The lowest BCUT2D eigenvalue weighted by atomic mass is 9.82. The Bertz CT molecular complexity index is 2790. The Morgan fingerprint density at radius 3 is 1.94 bits per heavy atom. The molecule has 0 atom stereocenters. The van der Waals surface area contributed by atoms with E-state index < -0.39 is 0 Å². The zero-order valence-corrected chi connectivity index (χ0v) is 27.7. The number of hydrogen-bond donors (Lipinski definition) is 0. The van der Waals surface area contributed by atoms with Gasteiger partial charge in [-0.15, -0.1) is 0 Å². The van der Waals surface area contributed by atoms with Crippen LogP contribution in [0.25, 0.3) is 89.1 Å². The van der Waals surface area contributed by atoms with Crippen molar-refractivity contribution in [2.75, 3.05) is 0 Å². The minimum absolute atomic E-state index is 0.138. The molecular weight excluding hydrogens is 611 g/mol. The summed E-state index contributed by atoms with van der Waals surface area (Å²) in [4.78, 5) is 15.5. The number of benzene rings is 7. The van der Waals surface area contributed by atoms with Gasteiger partial charge in [-0.25, -0.2) is 15.0 Å². The first kappa shape index (κ1) is 28.6. The maximum atomic E-state index is 6.50. The summed E-state index contributed by atoms with van der Waals surface area (Å²) in [5, 5.41) is 4.41. The van der Waals surface area contributed by atoms with E-state index in [-0.39, 0.29) is 5.41 Å². The van der Waals surface area contributed by atoms with Crippen LogP contribution in [0.5, 0.6) is 0 Å². The fourth-order valence-electron chi connectivity index (χ4n) is 7.84. The topological polar surface area (TPSA) is 51.8 Å². The first-order valence-electron chi connectivity index (χ1n) is 17.0. The number of nitrogens with zero attached hydrogens (tertiary/aromatic N) is 3. The standard InChI is InChI=1S/C46H31N3O/c1-46(2)38-20-9-8-17-34(38)35-24-22-30(26-39(35)46)43-47-44(49-45(48-43)36-19-10-15-28-14-6-7-16-32(28)36)31-23-25-37-41(27-31)50-40-21-11-18-33(42(37)40)29-12-4-3-5-13-29/h3-27H,1-2H3. The zero-order chi connectivity index (χ0) is 33.4. The van der Waals surface area contributed by atoms with E-state index in [2.05, 4.69) is 153 Å². The van der Waals surface area contributed by atoms with Gasteiger partial charge in [0, 0.05) is 32.9 Å². The van der Waals surface area contributed by atoms with Crippen molar-refractivity contribution in [1.82, 2.24) is 15.0 Å². The van der Waals surface area contributed by atoms with Crippen LogP contribution in [0.1, 0.15) is 25.0 Å².